The fourth-order valence-corrected chi connectivity index (χ4v) is 11.5. The van der Waals surface area contributed by atoms with Crippen LogP contribution >= 0.6 is 0 Å². The highest BCUT2D eigenvalue weighted by atomic mass is 16.7. The normalized spacial score (nSPS) is 36.8. The molecule has 0 radical (unpaired) electrons. The van der Waals surface area contributed by atoms with Crippen molar-refractivity contribution in [1.29, 1.82) is 0 Å². The first-order chi connectivity index (χ1) is 21.2. The lowest BCUT2D eigenvalue weighted by Crippen LogP contribution is -2.47. The van der Waals surface area contributed by atoms with Crippen molar-refractivity contribution in [2.45, 2.75) is 110 Å². The van der Waals surface area contributed by atoms with Crippen molar-refractivity contribution in [1.82, 2.24) is 4.90 Å². The predicted octanol–water partition coefficient (Wildman–Crippen LogP) is 6.79. The molecule has 8 bridgehead atoms. The number of nitrogens with zero attached hydrogens (tertiary/aromatic N) is 1. The van der Waals surface area contributed by atoms with E-state index in [1.165, 1.54) is 38.5 Å². The van der Waals surface area contributed by atoms with Gasteiger partial charge in [0.15, 0.2) is 0 Å². The average Bonchev–Trinajstić information content (AvgIpc) is 2.95. The third-order valence-electron chi connectivity index (χ3n) is 12.5. The Morgan fingerprint density at radius 3 is 1.39 bits per heavy atom. The van der Waals surface area contributed by atoms with E-state index in [0.29, 0.717) is 19.4 Å². The zero-order valence-corrected chi connectivity index (χ0v) is 27.4. The molecule has 8 aliphatic rings. The Morgan fingerprint density at radius 1 is 0.614 bits per heavy atom. The molecule has 0 N–H and O–H groups in total. The van der Waals surface area contributed by atoms with Gasteiger partial charge < -0.3 is 23.8 Å². The minimum Gasteiger partial charge on any atom is -0.465 e. The third-order valence-corrected chi connectivity index (χ3v) is 12.5. The lowest BCUT2D eigenvalue weighted by atomic mass is 9.49. The van der Waals surface area contributed by atoms with Crippen LogP contribution in [0, 0.1) is 52.3 Å². The van der Waals surface area contributed by atoms with E-state index < -0.39 is 12.1 Å². The number of rotatable bonds is 16. The van der Waals surface area contributed by atoms with Crippen molar-refractivity contribution in [3.8, 4) is 0 Å². The van der Waals surface area contributed by atoms with Gasteiger partial charge in [0.25, 0.3) is 0 Å². The van der Waals surface area contributed by atoms with Crippen LogP contribution in [0.4, 0.5) is 4.79 Å². The van der Waals surface area contributed by atoms with Crippen LogP contribution in [-0.2, 0) is 28.5 Å². The molecule has 8 saturated carbocycles. The standard InChI is InChI=1S/C36H57NO7/c1-3-37(4-2)6-5-7-41-34(40)44-24-31(22-42-32(38)20-35-14-25-8-26(15-35)10-27(9-25)16-35)23-43-33(39)21-36-17-28-11-29(18-36)13-30(12-28)19-36/h25-31H,3-24H2,1-2H3. The van der Waals surface area contributed by atoms with Gasteiger partial charge in [0.2, 0.25) is 0 Å². The zero-order valence-electron chi connectivity index (χ0n) is 27.4. The molecule has 8 rings (SSSR count). The summed E-state index contributed by atoms with van der Waals surface area (Å²) in [6, 6.07) is 0. The van der Waals surface area contributed by atoms with Crippen molar-refractivity contribution in [3.63, 3.8) is 0 Å². The van der Waals surface area contributed by atoms with Crippen molar-refractivity contribution >= 4 is 18.1 Å². The van der Waals surface area contributed by atoms with Gasteiger partial charge in [-0.3, -0.25) is 9.59 Å². The van der Waals surface area contributed by atoms with Crippen LogP contribution in [-0.4, -0.2) is 69.1 Å². The molecule has 0 aliphatic heterocycles. The van der Waals surface area contributed by atoms with Gasteiger partial charge in [0, 0.05) is 6.54 Å². The van der Waals surface area contributed by atoms with Crippen LogP contribution in [0.15, 0.2) is 0 Å². The van der Waals surface area contributed by atoms with Gasteiger partial charge >= 0.3 is 18.1 Å². The molecule has 0 aromatic heterocycles. The summed E-state index contributed by atoms with van der Waals surface area (Å²) < 4.78 is 22.4. The average molecular weight is 616 g/mol. The second kappa shape index (κ2) is 13.9. The van der Waals surface area contributed by atoms with Crippen molar-refractivity contribution in [2.75, 3.05) is 46.1 Å². The van der Waals surface area contributed by atoms with Gasteiger partial charge in [0.1, 0.15) is 19.8 Å². The number of hydrogen-bond acceptors (Lipinski definition) is 8. The molecule has 0 heterocycles. The highest BCUT2D eigenvalue weighted by molar-refractivity contribution is 5.71. The molecule has 0 spiro atoms. The van der Waals surface area contributed by atoms with E-state index in [-0.39, 0.29) is 42.6 Å². The smallest absolute Gasteiger partial charge is 0.465 e. The molecule has 44 heavy (non-hydrogen) atoms. The highest BCUT2D eigenvalue weighted by Gasteiger charge is 2.53. The summed E-state index contributed by atoms with van der Waals surface area (Å²) in [5.41, 5.74) is 0.216. The SMILES string of the molecule is CCN(CC)CCCOC(=O)OCC(COC(=O)CC12CC3CC(CC(C3)C1)C2)COC(=O)CC12CC3CC(CC(C3)C1)C2. The topological polar surface area (TPSA) is 91.4 Å². The van der Waals surface area contributed by atoms with Gasteiger partial charge in [-0.1, -0.05) is 13.8 Å². The molecule has 0 saturated heterocycles. The maximum Gasteiger partial charge on any atom is 0.508 e. The Balaban J connectivity index is 0.979. The fourth-order valence-electron chi connectivity index (χ4n) is 11.5. The lowest BCUT2D eigenvalue weighted by molar-refractivity contribution is -0.157. The van der Waals surface area contributed by atoms with E-state index in [0.717, 1.165) is 100 Å². The third kappa shape index (κ3) is 7.93. The Kier molecular flexibility index (Phi) is 10.1. The van der Waals surface area contributed by atoms with Gasteiger partial charge in [-0.2, -0.15) is 0 Å². The summed E-state index contributed by atoms with van der Waals surface area (Å²) >= 11 is 0. The molecule has 8 nitrogen and oxygen atoms in total. The molecule has 0 aromatic rings. The Labute approximate surface area is 264 Å². The van der Waals surface area contributed by atoms with Crippen molar-refractivity contribution in [3.05, 3.63) is 0 Å². The van der Waals surface area contributed by atoms with Gasteiger partial charge in [-0.05, 0) is 143 Å². The first-order valence-corrected chi connectivity index (χ1v) is 18.1. The van der Waals surface area contributed by atoms with Crippen LogP contribution in [0.2, 0.25) is 0 Å². The molecule has 0 aromatic carbocycles. The maximum atomic E-state index is 13.1. The van der Waals surface area contributed by atoms with Crippen LogP contribution in [0.25, 0.3) is 0 Å². The molecule has 0 amide bonds. The van der Waals surface area contributed by atoms with E-state index in [1.807, 2.05) is 0 Å². The molecule has 8 aliphatic carbocycles. The Bertz CT molecular complexity index is 889. The van der Waals surface area contributed by atoms with Crippen LogP contribution in [0.1, 0.15) is 110 Å². The summed E-state index contributed by atoms with van der Waals surface area (Å²) in [6.07, 6.45) is 15.9. The van der Waals surface area contributed by atoms with Crippen molar-refractivity contribution in [2.24, 2.45) is 52.3 Å². The fraction of sp³-hybridized carbons (Fsp3) is 0.917. The summed E-state index contributed by atoms with van der Waals surface area (Å²) in [7, 11) is 0. The first kappa shape index (κ1) is 32.1. The summed E-state index contributed by atoms with van der Waals surface area (Å²) in [6.45, 7) is 7.45. The van der Waals surface area contributed by atoms with E-state index in [1.54, 1.807) is 0 Å². The number of hydrogen-bond donors (Lipinski definition) is 0. The monoisotopic (exact) mass is 615 g/mol. The van der Waals surface area contributed by atoms with Gasteiger partial charge in [-0.15, -0.1) is 0 Å². The minimum absolute atomic E-state index is 0.00975. The summed E-state index contributed by atoms with van der Waals surface area (Å²) in [4.78, 5) is 40.9. The molecule has 248 valence electrons. The van der Waals surface area contributed by atoms with Crippen LogP contribution < -0.4 is 0 Å². The summed E-state index contributed by atoms with van der Waals surface area (Å²) in [5.74, 6) is 3.92. The molecule has 0 atom stereocenters. The number of ether oxygens (including phenoxy) is 4. The van der Waals surface area contributed by atoms with Crippen LogP contribution in [0.5, 0.6) is 0 Å². The zero-order chi connectivity index (χ0) is 30.7. The largest absolute Gasteiger partial charge is 0.508 e. The second-order valence-corrected chi connectivity index (χ2v) is 16.2. The highest BCUT2D eigenvalue weighted by Crippen LogP contribution is 2.62. The number of carbonyl (C=O) groups excluding carboxylic acids is 3. The number of carbonyl (C=O) groups is 3. The van der Waals surface area contributed by atoms with E-state index in [4.69, 9.17) is 18.9 Å². The lowest BCUT2D eigenvalue weighted by Gasteiger charge is -2.56. The number of esters is 2. The molecule has 0 unspecified atom stereocenters. The minimum atomic E-state index is -0.727. The van der Waals surface area contributed by atoms with E-state index in [9.17, 15) is 14.4 Å². The van der Waals surface area contributed by atoms with E-state index in [2.05, 4.69) is 18.7 Å². The second-order valence-electron chi connectivity index (χ2n) is 16.2. The Hall–Kier alpha value is -1.83. The Morgan fingerprint density at radius 2 is 1.00 bits per heavy atom. The van der Waals surface area contributed by atoms with E-state index >= 15 is 0 Å². The molecule has 8 fully saturated rings. The van der Waals surface area contributed by atoms with Gasteiger partial charge in [-0.25, -0.2) is 4.79 Å². The van der Waals surface area contributed by atoms with Crippen LogP contribution in [0.3, 0.4) is 0 Å². The molecular formula is C36H57NO7. The molecule has 8 heteroatoms. The first-order valence-electron chi connectivity index (χ1n) is 18.1. The predicted molar refractivity (Wildman–Crippen MR) is 166 cm³/mol. The van der Waals surface area contributed by atoms with Crippen molar-refractivity contribution < 1.29 is 33.3 Å². The maximum absolute atomic E-state index is 13.1. The van der Waals surface area contributed by atoms with Gasteiger partial charge in [0.05, 0.1) is 25.4 Å². The quantitative estimate of drug-likeness (QED) is 0.107. The summed E-state index contributed by atoms with van der Waals surface area (Å²) in [5, 5.41) is 0. The molecular weight excluding hydrogens is 558 g/mol.